The maximum absolute atomic E-state index is 13.8. The lowest BCUT2D eigenvalue weighted by atomic mass is 10.3. The fraction of sp³-hybridized carbons (Fsp3) is 0.364. The topological polar surface area (TPSA) is 74.7 Å². The summed E-state index contributed by atoms with van der Waals surface area (Å²) in [6.45, 7) is -0.682. The van der Waals surface area contributed by atoms with Gasteiger partial charge in [0.2, 0.25) is 10.0 Å². The van der Waals surface area contributed by atoms with Gasteiger partial charge in [0.25, 0.3) is 0 Å². The molecule has 2 rings (SSSR count). The first-order valence-corrected chi connectivity index (χ1v) is 7.33. The maximum Gasteiger partial charge on any atom is 0.318 e. The summed E-state index contributed by atoms with van der Waals surface area (Å²) >= 11 is 5.55. The highest BCUT2D eigenvalue weighted by Gasteiger charge is 2.40. The standard InChI is InChI=1S/C11H11ClFNO4S/c12-8-2-1-3-9(11(8)13)19(17,18)14(6-10(15)16)7-4-5-7/h1-3,7H,4-6H2,(H,15,16). The zero-order valence-electron chi connectivity index (χ0n) is 9.71. The minimum atomic E-state index is -4.19. The van der Waals surface area contributed by atoms with Gasteiger partial charge in [-0.1, -0.05) is 17.7 Å². The molecule has 0 unspecified atom stereocenters. The van der Waals surface area contributed by atoms with Crippen LogP contribution in [-0.2, 0) is 14.8 Å². The Hall–Kier alpha value is -1.18. The van der Waals surface area contributed by atoms with Crippen LogP contribution in [0.1, 0.15) is 12.8 Å². The Balaban J connectivity index is 2.44. The molecule has 8 heteroatoms. The first-order chi connectivity index (χ1) is 8.84. The van der Waals surface area contributed by atoms with Crippen molar-refractivity contribution in [2.24, 2.45) is 0 Å². The maximum atomic E-state index is 13.8. The van der Waals surface area contributed by atoms with Gasteiger partial charge in [-0.05, 0) is 25.0 Å². The molecule has 0 saturated heterocycles. The molecule has 1 aliphatic rings. The van der Waals surface area contributed by atoms with Crippen LogP contribution in [-0.4, -0.2) is 36.4 Å². The molecule has 0 heterocycles. The van der Waals surface area contributed by atoms with Crippen molar-refractivity contribution in [3.63, 3.8) is 0 Å². The minimum absolute atomic E-state index is 0.313. The number of benzene rings is 1. The highest BCUT2D eigenvalue weighted by atomic mass is 35.5. The molecule has 5 nitrogen and oxygen atoms in total. The lowest BCUT2D eigenvalue weighted by Crippen LogP contribution is -2.37. The summed E-state index contributed by atoms with van der Waals surface area (Å²) < 4.78 is 39.2. The van der Waals surface area contributed by atoms with Crippen LogP contribution in [0, 0.1) is 5.82 Å². The summed E-state index contributed by atoms with van der Waals surface area (Å²) in [6, 6.07) is 3.24. The molecule has 0 spiro atoms. The third-order valence-electron chi connectivity index (χ3n) is 2.75. The molecule has 0 bridgehead atoms. The fourth-order valence-electron chi connectivity index (χ4n) is 1.72. The van der Waals surface area contributed by atoms with Crippen molar-refractivity contribution < 1.29 is 22.7 Å². The fourth-order valence-corrected chi connectivity index (χ4v) is 3.67. The van der Waals surface area contributed by atoms with Gasteiger partial charge in [-0.15, -0.1) is 0 Å². The summed E-state index contributed by atoms with van der Waals surface area (Å²) in [4.78, 5) is 10.2. The second kappa shape index (κ2) is 5.07. The van der Waals surface area contributed by atoms with Gasteiger partial charge in [-0.2, -0.15) is 4.31 Å². The Morgan fingerprint density at radius 1 is 1.47 bits per heavy atom. The molecule has 1 aliphatic carbocycles. The number of hydrogen-bond acceptors (Lipinski definition) is 3. The van der Waals surface area contributed by atoms with E-state index in [1.165, 1.54) is 12.1 Å². The number of carbonyl (C=O) groups is 1. The minimum Gasteiger partial charge on any atom is -0.480 e. The van der Waals surface area contributed by atoms with Crippen LogP contribution in [0.2, 0.25) is 5.02 Å². The van der Waals surface area contributed by atoms with Crippen molar-refractivity contribution >= 4 is 27.6 Å². The van der Waals surface area contributed by atoms with Crippen LogP contribution in [0.4, 0.5) is 4.39 Å². The molecule has 1 N–H and O–H groups in total. The van der Waals surface area contributed by atoms with Crippen molar-refractivity contribution in [1.82, 2.24) is 4.31 Å². The van der Waals surface area contributed by atoms with Gasteiger partial charge in [0.1, 0.15) is 11.4 Å². The van der Waals surface area contributed by atoms with E-state index in [4.69, 9.17) is 16.7 Å². The molecular formula is C11H11ClFNO4S. The summed E-state index contributed by atoms with van der Waals surface area (Å²) in [5.74, 6) is -2.34. The molecule has 1 saturated carbocycles. The van der Waals surface area contributed by atoms with E-state index >= 15 is 0 Å². The first-order valence-electron chi connectivity index (χ1n) is 5.51. The number of nitrogens with zero attached hydrogens (tertiary/aromatic N) is 1. The predicted molar refractivity (Wildman–Crippen MR) is 66.0 cm³/mol. The zero-order chi connectivity index (χ0) is 14.2. The van der Waals surface area contributed by atoms with Gasteiger partial charge in [-0.3, -0.25) is 4.79 Å². The highest BCUT2D eigenvalue weighted by molar-refractivity contribution is 7.89. The van der Waals surface area contributed by atoms with E-state index < -0.39 is 33.3 Å². The second-order valence-corrected chi connectivity index (χ2v) is 6.49. The van der Waals surface area contributed by atoms with E-state index in [2.05, 4.69) is 0 Å². The summed E-state index contributed by atoms with van der Waals surface area (Å²) in [5, 5.41) is 8.46. The van der Waals surface area contributed by atoms with E-state index in [0.29, 0.717) is 12.8 Å². The first kappa shape index (κ1) is 14.2. The Morgan fingerprint density at radius 2 is 2.11 bits per heavy atom. The molecule has 0 aliphatic heterocycles. The SMILES string of the molecule is O=C(O)CN(C1CC1)S(=O)(=O)c1cccc(Cl)c1F. The smallest absolute Gasteiger partial charge is 0.318 e. The number of sulfonamides is 1. The normalized spacial score (nSPS) is 15.7. The Kier molecular flexibility index (Phi) is 3.80. The van der Waals surface area contributed by atoms with Crippen LogP contribution in [0.25, 0.3) is 0 Å². The molecule has 0 aromatic heterocycles. The quantitative estimate of drug-likeness (QED) is 0.898. The number of carboxylic acid groups (broad SMARTS) is 1. The monoisotopic (exact) mass is 307 g/mol. The lowest BCUT2D eigenvalue weighted by Gasteiger charge is -2.20. The second-order valence-electron chi connectivity index (χ2n) is 4.23. The summed E-state index contributed by atoms with van der Waals surface area (Å²) in [7, 11) is -4.19. The number of hydrogen-bond donors (Lipinski definition) is 1. The average molecular weight is 308 g/mol. The Bertz CT molecular complexity index is 615. The largest absolute Gasteiger partial charge is 0.480 e. The average Bonchev–Trinajstić information content (AvgIpc) is 3.13. The third kappa shape index (κ3) is 2.88. The molecule has 104 valence electrons. The van der Waals surface area contributed by atoms with Crippen LogP contribution in [0.15, 0.2) is 23.1 Å². The number of rotatable bonds is 5. The van der Waals surface area contributed by atoms with Crippen molar-refractivity contribution in [3.8, 4) is 0 Å². The van der Waals surface area contributed by atoms with Gasteiger partial charge < -0.3 is 5.11 Å². The zero-order valence-corrected chi connectivity index (χ0v) is 11.3. The molecule has 0 amide bonds. The van der Waals surface area contributed by atoms with Gasteiger partial charge in [0.15, 0.2) is 5.82 Å². The molecule has 0 atom stereocenters. The summed E-state index contributed by atoms with van der Waals surface area (Å²) in [5.41, 5.74) is 0. The number of aliphatic carboxylic acids is 1. The molecule has 19 heavy (non-hydrogen) atoms. The van der Waals surface area contributed by atoms with Crippen LogP contribution in [0.5, 0.6) is 0 Å². The van der Waals surface area contributed by atoms with Crippen molar-refractivity contribution in [3.05, 3.63) is 29.0 Å². The molecule has 1 aromatic carbocycles. The van der Waals surface area contributed by atoms with Crippen LogP contribution < -0.4 is 0 Å². The van der Waals surface area contributed by atoms with E-state index in [1.807, 2.05) is 0 Å². The van der Waals surface area contributed by atoms with Crippen LogP contribution in [0.3, 0.4) is 0 Å². The van der Waals surface area contributed by atoms with E-state index in [-0.39, 0.29) is 11.1 Å². The van der Waals surface area contributed by atoms with Crippen molar-refractivity contribution in [2.75, 3.05) is 6.54 Å². The van der Waals surface area contributed by atoms with Gasteiger partial charge >= 0.3 is 5.97 Å². The molecule has 0 radical (unpaired) electrons. The highest BCUT2D eigenvalue weighted by Crippen LogP contribution is 2.33. The van der Waals surface area contributed by atoms with Gasteiger partial charge in [0, 0.05) is 6.04 Å². The van der Waals surface area contributed by atoms with Crippen LogP contribution >= 0.6 is 11.6 Å². The van der Waals surface area contributed by atoms with E-state index in [0.717, 1.165) is 10.4 Å². The summed E-state index contributed by atoms with van der Waals surface area (Å²) in [6.07, 6.45) is 1.16. The predicted octanol–water partition coefficient (Wildman–Crippen LogP) is 1.72. The Labute approximate surface area is 114 Å². The molecular weight excluding hydrogens is 297 g/mol. The Morgan fingerprint density at radius 3 is 2.63 bits per heavy atom. The third-order valence-corrected chi connectivity index (χ3v) is 4.96. The lowest BCUT2D eigenvalue weighted by molar-refractivity contribution is -0.137. The number of halogens is 2. The van der Waals surface area contributed by atoms with E-state index in [1.54, 1.807) is 0 Å². The number of carboxylic acids is 1. The van der Waals surface area contributed by atoms with Crippen molar-refractivity contribution in [2.45, 2.75) is 23.8 Å². The van der Waals surface area contributed by atoms with Crippen molar-refractivity contribution in [1.29, 1.82) is 0 Å². The van der Waals surface area contributed by atoms with Gasteiger partial charge in [-0.25, -0.2) is 12.8 Å². The van der Waals surface area contributed by atoms with E-state index in [9.17, 15) is 17.6 Å². The van der Waals surface area contributed by atoms with Gasteiger partial charge in [0.05, 0.1) is 5.02 Å². The molecule has 1 aromatic rings. The molecule has 1 fully saturated rings.